The number of rotatable bonds is 3. The van der Waals surface area contributed by atoms with Gasteiger partial charge in [0.1, 0.15) is 0 Å². The van der Waals surface area contributed by atoms with Crippen molar-refractivity contribution in [2.45, 2.75) is 19.8 Å². The Morgan fingerprint density at radius 1 is 1.19 bits per heavy atom. The highest BCUT2D eigenvalue weighted by Crippen LogP contribution is 2.25. The molecule has 1 aliphatic rings. The molecule has 6 nitrogen and oxygen atoms in total. The van der Waals surface area contributed by atoms with Gasteiger partial charge in [-0.25, -0.2) is 0 Å². The van der Waals surface area contributed by atoms with Crippen LogP contribution in [0.2, 0.25) is 0 Å². The third kappa shape index (κ3) is 3.49. The van der Waals surface area contributed by atoms with E-state index in [2.05, 4.69) is 10.9 Å². The van der Waals surface area contributed by atoms with Crippen molar-refractivity contribution in [1.29, 1.82) is 0 Å². The summed E-state index contributed by atoms with van der Waals surface area (Å²) in [6.07, 6.45) is 4.06. The fraction of sp³-hybridized carbons (Fsp3) is 0.357. The summed E-state index contributed by atoms with van der Waals surface area (Å²) < 4.78 is 0. The second-order valence-corrected chi connectivity index (χ2v) is 5.77. The first-order chi connectivity index (χ1) is 10.0. The molecule has 1 aliphatic carbocycles. The van der Waals surface area contributed by atoms with Gasteiger partial charge < -0.3 is 9.90 Å². The molecule has 2 rings (SSSR count). The van der Waals surface area contributed by atoms with Gasteiger partial charge in [0, 0.05) is 11.9 Å². The third-order valence-electron chi connectivity index (χ3n) is 3.44. The zero-order valence-electron chi connectivity index (χ0n) is 11.4. The average Bonchev–Trinajstić information content (AvgIpc) is 2.90. The van der Waals surface area contributed by atoms with Crippen LogP contribution in [0, 0.1) is 18.8 Å². The Hall–Kier alpha value is -2.15. The van der Waals surface area contributed by atoms with Crippen LogP contribution in [0.1, 0.15) is 28.1 Å². The predicted molar refractivity (Wildman–Crippen MR) is 75.0 cm³/mol. The minimum atomic E-state index is -1.25. The zero-order valence-corrected chi connectivity index (χ0v) is 12.2. The number of aryl methyl sites for hydroxylation is 1. The summed E-state index contributed by atoms with van der Waals surface area (Å²) in [5, 5.41) is 12.8. The van der Waals surface area contributed by atoms with Crippen LogP contribution in [0.5, 0.6) is 0 Å². The van der Waals surface area contributed by atoms with Gasteiger partial charge in [0.2, 0.25) is 5.91 Å². The van der Waals surface area contributed by atoms with E-state index in [1.807, 2.05) is 0 Å². The second kappa shape index (κ2) is 6.53. The number of carbonyl (C=O) groups is 3. The summed E-state index contributed by atoms with van der Waals surface area (Å²) in [6.45, 7) is 1.80. The molecule has 0 saturated heterocycles. The van der Waals surface area contributed by atoms with E-state index >= 15 is 0 Å². The fourth-order valence-corrected chi connectivity index (χ4v) is 3.06. The van der Waals surface area contributed by atoms with E-state index in [4.69, 9.17) is 0 Å². The minimum absolute atomic E-state index is 0.262. The zero-order chi connectivity index (χ0) is 15.4. The van der Waals surface area contributed by atoms with Crippen molar-refractivity contribution >= 4 is 29.1 Å². The van der Waals surface area contributed by atoms with E-state index in [1.165, 1.54) is 11.3 Å². The molecule has 21 heavy (non-hydrogen) atoms. The molecule has 2 amide bonds. The van der Waals surface area contributed by atoms with Gasteiger partial charge in [-0.05, 0) is 36.8 Å². The van der Waals surface area contributed by atoms with Gasteiger partial charge in [0.15, 0.2) is 0 Å². The van der Waals surface area contributed by atoms with Crippen molar-refractivity contribution in [2.24, 2.45) is 11.8 Å². The molecule has 0 radical (unpaired) electrons. The molecular formula is C14H15N2O4S-. The highest BCUT2D eigenvalue weighted by Gasteiger charge is 2.30. The quantitative estimate of drug-likeness (QED) is 0.613. The maximum atomic E-state index is 12.0. The van der Waals surface area contributed by atoms with E-state index in [9.17, 15) is 19.5 Å². The van der Waals surface area contributed by atoms with Gasteiger partial charge in [-0.1, -0.05) is 12.2 Å². The largest absolute Gasteiger partial charge is 0.550 e. The van der Waals surface area contributed by atoms with E-state index in [0.717, 1.165) is 5.56 Å². The van der Waals surface area contributed by atoms with E-state index in [-0.39, 0.29) is 6.42 Å². The van der Waals surface area contributed by atoms with Crippen molar-refractivity contribution < 1.29 is 19.5 Å². The van der Waals surface area contributed by atoms with Crippen LogP contribution in [-0.2, 0) is 9.59 Å². The van der Waals surface area contributed by atoms with Crippen LogP contribution in [0.15, 0.2) is 23.6 Å². The van der Waals surface area contributed by atoms with Gasteiger partial charge in [0.25, 0.3) is 5.91 Å². The van der Waals surface area contributed by atoms with Crippen LogP contribution < -0.4 is 16.0 Å². The highest BCUT2D eigenvalue weighted by molar-refractivity contribution is 7.12. The lowest BCUT2D eigenvalue weighted by molar-refractivity contribution is -0.313. The summed E-state index contributed by atoms with van der Waals surface area (Å²) in [7, 11) is 0. The number of thiophene rings is 1. The molecule has 1 aromatic heterocycles. The Bertz CT molecular complexity index is 594. The number of carboxylic acid groups (broad SMARTS) is 1. The maximum absolute atomic E-state index is 12.0. The molecule has 112 valence electrons. The molecule has 0 spiro atoms. The van der Waals surface area contributed by atoms with E-state index in [1.54, 1.807) is 30.5 Å². The lowest BCUT2D eigenvalue weighted by Crippen LogP contribution is -2.49. The van der Waals surface area contributed by atoms with Crippen molar-refractivity contribution in [3.63, 3.8) is 0 Å². The second-order valence-electron chi connectivity index (χ2n) is 4.85. The Labute approximate surface area is 125 Å². The number of nitrogens with one attached hydrogen (secondary N) is 2. The molecule has 2 N–H and O–H groups in total. The number of hydrogen-bond donors (Lipinski definition) is 2. The monoisotopic (exact) mass is 307 g/mol. The molecule has 0 bridgehead atoms. The Morgan fingerprint density at radius 2 is 1.86 bits per heavy atom. The number of aliphatic carboxylic acids is 1. The number of carboxylic acids is 1. The summed E-state index contributed by atoms with van der Waals surface area (Å²) in [4.78, 5) is 35.4. The molecule has 0 aliphatic heterocycles. The maximum Gasteiger partial charge on any atom is 0.280 e. The number of amides is 2. The SMILES string of the molecule is Cc1ccsc1C(=O)NNC(=O)[C@@H]1CC=CC[C@@H]1C(=O)[O-]. The molecule has 7 heteroatoms. The number of carbonyl (C=O) groups excluding carboxylic acids is 3. The highest BCUT2D eigenvalue weighted by atomic mass is 32.1. The predicted octanol–water partition coefficient (Wildman–Crippen LogP) is 0.150. The summed E-state index contributed by atoms with van der Waals surface area (Å²) in [6, 6.07) is 1.81. The fourth-order valence-electron chi connectivity index (χ4n) is 2.24. The molecule has 2 atom stereocenters. The van der Waals surface area contributed by atoms with Crippen molar-refractivity contribution in [3.8, 4) is 0 Å². The van der Waals surface area contributed by atoms with Crippen LogP contribution >= 0.6 is 11.3 Å². The molecule has 0 fully saturated rings. The van der Waals surface area contributed by atoms with Crippen molar-refractivity contribution in [2.75, 3.05) is 0 Å². The third-order valence-corrected chi connectivity index (χ3v) is 4.45. The normalized spacial score (nSPS) is 20.8. The van der Waals surface area contributed by atoms with Crippen LogP contribution in [-0.4, -0.2) is 17.8 Å². The molecular weight excluding hydrogens is 292 g/mol. The van der Waals surface area contributed by atoms with Crippen molar-refractivity contribution in [3.05, 3.63) is 34.0 Å². The van der Waals surface area contributed by atoms with Gasteiger partial charge in [-0.3, -0.25) is 20.4 Å². The topological polar surface area (TPSA) is 98.3 Å². The molecule has 0 aromatic carbocycles. The lowest BCUT2D eigenvalue weighted by atomic mass is 9.82. The van der Waals surface area contributed by atoms with Crippen LogP contribution in [0.25, 0.3) is 0 Å². The number of allylic oxidation sites excluding steroid dienone is 2. The smallest absolute Gasteiger partial charge is 0.280 e. The Morgan fingerprint density at radius 3 is 2.43 bits per heavy atom. The lowest BCUT2D eigenvalue weighted by Gasteiger charge is -2.28. The van der Waals surface area contributed by atoms with E-state index in [0.29, 0.717) is 11.3 Å². The molecule has 0 unspecified atom stereocenters. The first kappa shape index (κ1) is 15.2. The molecule has 0 saturated carbocycles. The minimum Gasteiger partial charge on any atom is -0.550 e. The summed E-state index contributed by atoms with van der Waals surface area (Å²) in [5.74, 6) is -3.77. The van der Waals surface area contributed by atoms with E-state index < -0.39 is 29.6 Å². The Kier molecular flexibility index (Phi) is 4.74. The summed E-state index contributed by atoms with van der Waals surface area (Å²) >= 11 is 1.27. The number of hydrogen-bond acceptors (Lipinski definition) is 5. The number of hydrazine groups is 1. The van der Waals surface area contributed by atoms with Crippen LogP contribution in [0.3, 0.4) is 0 Å². The molecule has 1 heterocycles. The van der Waals surface area contributed by atoms with Crippen molar-refractivity contribution in [1.82, 2.24) is 10.9 Å². The molecule has 1 aromatic rings. The summed E-state index contributed by atoms with van der Waals surface area (Å²) in [5.41, 5.74) is 5.43. The van der Waals surface area contributed by atoms with Gasteiger partial charge in [-0.2, -0.15) is 0 Å². The van der Waals surface area contributed by atoms with Gasteiger partial charge in [0.05, 0.1) is 10.8 Å². The first-order valence-electron chi connectivity index (χ1n) is 6.51. The van der Waals surface area contributed by atoms with Crippen LogP contribution in [0.4, 0.5) is 0 Å². The van der Waals surface area contributed by atoms with Gasteiger partial charge >= 0.3 is 0 Å². The standard InChI is InChI=1S/C14H16N2O4S/c1-8-6-7-21-11(8)13(18)16-15-12(17)9-4-2-3-5-10(9)14(19)20/h2-3,6-7,9-10H,4-5H2,1H3,(H,15,17)(H,16,18)(H,19,20)/p-1/t9-,10+/m1/s1. The first-order valence-corrected chi connectivity index (χ1v) is 7.38. The van der Waals surface area contributed by atoms with Gasteiger partial charge in [-0.15, -0.1) is 11.3 Å². The average molecular weight is 307 g/mol. The Balaban J connectivity index is 1.95.